The highest BCUT2D eigenvalue weighted by Gasteiger charge is 2.62. The van der Waals surface area contributed by atoms with Crippen molar-refractivity contribution in [1.82, 2.24) is 39.9 Å². The second kappa shape index (κ2) is 14.1. The summed E-state index contributed by atoms with van der Waals surface area (Å²) in [5.74, 6) is 1.59. The van der Waals surface area contributed by atoms with E-state index in [-0.39, 0.29) is 11.8 Å². The number of nitrogens with one attached hydrogen (secondary N) is 4. The Bertz CT molecular complexity index is 2250. The van der Waals surface area contributed by atoms with E-state index in [1.165, 1.54) is 16.7 Å². The Morgan fingerprint density at radius 1 is 0.596 bits per heavy atom. The van der Waals surface area contributed by atoms with Crippen molar-refractivity contribution < 1.29 is 5.11 Å². The predicted octanol–water partition coefficient (Wildman–Crippen LogP) is 7.57. The van der Waals surface area contributed by atoms with Crippen LogP contribution in [0.2, 0.25) is 0 Å². The highest BCUT2D eigenvalue weighted by atomic mass is 16.3. The lowest BCUT2D eigenvalue weighted by Gasteiger charge is -2.43. The molecule has 3 atom stereocenters. The quantitative estimate of drug-likeness (QED) is 0.0854. The zero-order chi connectivity index (χ0) is 35.4. The van der Waals surface area contributed by atoms with Crippen LogP contribution in [0.5, 0.6) is 0 Å². The van der Waals surface area contributed by atoms with Crippen molar-refractivity contribution in [1.29, 1.82) is 0 Å². The van der Waals surface area contributed by atoms with Gasteiger partial charge in [0.05, 0.1) is 18.2 Å². The van der Waals surface area contributed by atoms with Gasteiger partial charge in [-0.15, -0.1) is 0 Å². The number of hydrogen-bond donors (Lipinski definition) is 5. The molecule has 4 heterocycles. The summed E-state index contributed by atoms with van der Waals surface area (Å²) < 4.78 is 0. The molecular formula is C43H40N8O. The molecule has 258 valence electrons. The van der Waals surface area contributed by atoms with E-state index in [2.05, 4.69) is 105 Å². The van der Waals surface area contributed by atoms with E-state index >= 15 is 0 Å². The zero-order valence-electron chi connectivity index (χ0n) is 28.8. The fourth-order valence-corrected chi connectivity index (χ4v) is 7.60. The number of hydrogen-bond acceptors (Lipinski definition) is 5. The van der Waals surface area contributed by atoms with E-state index in [4.69, 9.17) is 15.0 Å². The van der Waals surface area contributed by atoms with Gasteiger partial charge in [0.25, 0.3) is 0 Å². The fourth-order valence-electron chi connectivity index (χ4n) is 7.60. The van der Waals surface area contributed by atoms with Crippen LogP contribution in [-0.2, 0) is 23.9 Å². The molecule has 0 aliphatic carbocycles. The van der Waals surface area contributed by atoms with Crippen molar-refractivity contribution in [3.05, 3.63) is 215 Å². The number of aromatic nitrogens is 8. The van der Waals surface area contributed by atoms with Gasteiger partial charge in [-0.3, -0.25) is 0 Å². The summed E-state index contributed by atoms with van der Waals surface area (Å²) in [6, 6.07) is 41.2. The van der Waals surface area contributed by atoms with Gasteiger partial charge in [-0.25, -0.2) is 19.9 Å². The third-order valence-electron chi connectivity index (χ3n) is 10.2. The molecule has 5 N–H and O–H groups in total. The van der Waals surface area contributed by atoms with Gasteiger partial charge < -0.3 is 25.0 Å². The van der Waals surface area contributed by atoms with E-state index in [0.29, 0.717) is 36.0 Å². The van der Waals surface area contributed by atoms with Crippen molar-refractivity contribution in [3.8, 4) is 0 Å². The molecule has 8 rings (SSSR count). The molecule has 0 amide bonds. The Hall–Kier alpha value is -6.32. The number of rotatable bonds is 13. The van der Waals surface area contributed by atoms with E-state index in [9.17, 15) is 5.11 Å². The monoisotopic (exact) mass is 684 g/mol. The van der Waals surface area contributed by atoms with Gasteiger partial charge in [0, 0.05) is 42.1 Å². The third kappa shape index (κ3) is 5.84. The average molecular weight is 685 g/mol. The highest BCUT2D eigenvalue weighted by molar-refractivity contribution is 5.52. The van der Waals surface area contributed by atoms with Gasteiger partial charge in [0.15, 0.2) is 11.0 Å². The largest absolute Gasteiger partial charge is 0.374 e. The Morgan fingerprint density at radius 2 is 1.15 bits per heavy atom. The molecule has 0 aliphatic heterocycles. The topological polar surface area (TPSA) is 135 Å². The predicted molar refractivity (Wildman–Crippen MR) is 201 cm³/mol. The molecule has 9 heteroatoms. The number of aliphatic hydroxyl groups is 1. The minimum absolute atomic E-state index is 0.0548. The number of benzene rings is 4. The van der Waals surface area contributed by atoms with E-state index in [1.54, 1.807) is 24.9 Å². The van der Waals surface area contributed by atoms with Crippen molar-refractivity contribution in [3.63, 3.8) is 0 Å². The van der Waals surface area contributed by atoms with Gasteiger partial charge in [0.2, 0.25) is 0 Å². The molecule has 4 aromatic carbocycles. The van der Waals surface area contributed by atoms with Gasteiger partial charge in [-0.2, -0.15) is 0 Å². The van der Waals surface area contributed by atoms with E-state index in [1.807, 2.05) is 60.9 Å². The smallest absolute Gasteiger partial charge is 0.187 e. The first-order valence-corrected chi connectivity index (χ1v) is 17.6. The minimum Gasteiger partial charge on any atom is -0.374 e. The molecule has 0 spiro atoms. The molecule has 0 aliphatic rings. The van der Waals surface area contributed by atoms with Crippen LogP contribution < -0.4 is 0 Å². The van der Waals surface area contributed by atoms with Gasteiger partial charge in [-0.05, 0) is 41.0 Å². The molecular weight excluding hydrogens is 645 g/mol. The van der Waals surface area contributed by atoms with Crippen molar-refractivity contribution in [2.45, 2.75) is 42.6 Å². The Kier molecular flexibility index (Phi) is 8.93. The maximum absolute atomic E-state index is 13.8. The van der Waals surface area contributed by atoms with E-state index in [0.717, 1.165) is 17.0 Å². The highest BCUT2D eigenvalue weighted by Crippen LogP contribution is 2.52. The van der Waals surface area contributed by atoms with Gasteiger partial charge >= 0.3 is 0 Å². The third-order valence-corrected chi connectivity index (χ3v) is 10.2. The lowest BCUT2D eigenvalue weighted by molar-refractivity contribution is 0.0100. The molecule has 0 radical (unpaired) electrons. The molecule has 0 fully saturated rings. The van der Waals surface area contributed by atoms with Gasteiger partial charge in [-0.1, -0.05) is 128 Å². The Labute approximate surface area is 302 Å². The van der Waals surface area contributed by atoms with Gasteiger partial charge in [0.1, 0.15) is 17.5 Å². The average Bonchev–Trinajstić information content (AvgIpc) is 4.05. The van der Waals surface area contributed by atoms with E-state index < -0.39 is 11.0 Å². The number of imidazole rings is 4. The number of H-pyrrole nitrogens is 4. The molecule has 4 aromatic heterocycles. The van der Waals surface area contributed by atoms with Crippen LogP contribution in [0.4, 0.5) is 0 Å². The first-order chi connectivity index (χ1) is 25.6. The summed E-state index contributed by atoms with van der Waals surface area (Å²) in [4.78, 5) is 33.1. The molecule has 0 saturated heterocycles. The maximum atomic E-state index is 13.8. The summed E-state index contributed by atoms with van der Waals surface area (Å²) in [6.07, 6.45) is 11.7. The number of aromatic amines is 4. The molecule has 52 heavy (non-hydrogen) atoms. The first kappa shape index (κ1) is 32.9. The second-order valence-electron chi connectivity index (χ2n) is 13.3. The summed E-state index contributed by atoms with van der Waals surface area (Å²) in [5, 5.41) is 13.8. The summed E-state index contributed by atoms with van der Waals surface area (Å²) in [6.45, 7) is 2.20. The van der Waals surface area contributed by atoms with Crippen LogP contribution >= 0.6 is 0 Å². The molecule has 0 bridgehead atoms. The van der Waals surface area contributed by atoms with Crippen LogP contribution in [0.25, 0.3) is 0 Å². The minimum atomic E-state index is -1.92. The fraction of sp³-hybridized carbons (Fsp3) is 0.163. The summed E-state index contributed by atoms with van der Waals surface area (Å²) in [5.41, 5.74) is 3.21. The lowest BCUT2D eigenvalue weighted by Crippen LogP contribution is -2.54. The van der Waals surface area contributed by atoms with Crippen LogP contribution in [0.3, 0.4) is 0 Å². The van der Waals surface area contributed by atoms with Crippen molar-refractivity contribution in [2.75, 3.05) is 0 Å². The SMILES string of the molecule is CC(Cc1cnc(C(c2ccccc2)(c2ncc[nH]2)C(O)(c2cnc[nH]2)c2ncc(CC(c3ccccc3)c3ccccc3)[nH]2)[nH]1)c1ccccc1. The molecule has 3 unspecified atom stereocenters. The molecule has 0 saturated carbocycles. The second-order valence-corrected chi connectivity index (χ2v) is 13.3. The van der Waals surface area contributed by atoms with Crippen LogP contribution in [0.1, 0.15) is 75.6 Å². The van der Waals surface area contributed by atoms with Crippen molar-refractivity contribution >= 4 is 0 Å². The maximum Gasteiger partial charge on any atom is 0.187 e. The van der Waals surface area contributed by atoms with Crippen molar-refractivity contribution in [2.24, 2.45) is 0 Å². The van der Waals surface area contributed by atoms with Crippen LogP contribution in [0.15, 0.2) is 159 Å². The number of nitrogens with zero attached hydrogens (tertiary/aromatic N) is 4. The molecule has 8 aromatic rings. The Balaban J connectivity index is 1.30. The lowest BCUT2D eigenvalue weighted by atomic mass is 9.63. The van der Waals surface area contributed by atoms with Crippen LogP contribution in [-0.4, -0.2) is 45.0 Å². The standard InChI is InChI=1S/C43H40N8O/c1-30(31-14-6-2-7-15-31)24-35-26-47-40(50-35)42(39-45-22-23-46-39,34-20-12-5-13-21-34)43(52,38-28-44-29-49-38)41-48-27-36(51-41)25-37(32-16-8-3-9-17-32)33-18-10-4-11-19-33/h2-23,26-30,37,52H,24-25H2,1H3,(H,44,49)(H,45,46)(H,47,50)(H,48,51). The molecule has 9 nitrogen and oxygen atoms in total. The summed E-state index contributed by atoms with van der Waals surface area (Å²) >= 11 is 0. The normalized spacial score (nSPS) is 14.5. The summed E-state index contributed by atoms with van der Waals surface area (Å²) in [7, 11) is 0. The van der Waals surface area contributed by atoms with Crippen LogP contribution in [0, 0.1) is 0 Å². The first-order valence-electron chi connectivity index (χ1n) is 17.6. The Morgan fingerprint density at radius 3 is 1.73 bits per heavy atom. The zero-order valence-corrected chi connectivity index (χ0v) is 28.8.